The smallest absolute Gasteiger partial charge is 0.149 e. The number of rotatable bonds is 0. The topological polar surface area (TPSA) is 40.5 Å². The molecule has 0 amide bonds. The Morgan fingerprint density at radius 3 is 1.25 bits per heavy atom. The Morgan fingerprint density at radius 2 is 1.25 bits per heavy atom. The van der Waals surface area contributed by atoms with Gasteiger partial charge in [-0.25, -0.2) is 0 Å². The van der Waals surface area contributed by atoms with Crippen LogP contribution in [-0.2, 0) is 0 Å². The minimum atomic E-state index is -0.917. The molecule has 0 aromatic carbocycles. The van der Waals surface area contributed by atoms with Gasteiger partial charge in [0, 0.05) is 18.9 Å². The zero-order valence-electron chi connectivity index (χ0n) is 2.39. The Hall–Kier alpha value is 0.947. The molecule has 0 rings (SSSR count). The summed E-state index contributed by atoms with van der Waals surface area (Å²) in [5.74, 6) is 0. The van der Waals surface area contributed by atoms with Crippen LogP contribution in [-0.4, -0.2) is 28.6 Å². The molecule has 0 aliphatic carbocycles. The Bertz CT molecular complexity index is 6.00. The van der Waals surface area contributed by atoms with Crippen molar-refractivity contribution >= 4 is 27.9 Å². The van der Waals surface area contributed by atoms with Crippen LogP contribution in [0.4, 0.5) is 0 Å². The predicted octanol–water partition coefficient (Wildman–Crippen LogP) is -0.901. The van der Waals surface area contributed by atoms with Gasteiger partial charge in [0.25, 0.3) is 0 Å². The van der Waals surface area contributed by atoms with Gasteiger partial charge in [-0.1, -0.05) is 0 Å². The second kappa shape index (κ2) is 9.04. The molecule has 4 heteroatoms. The van der Waals surface area contributed by atoms with Crippen LogP contribution in [0.5, 0.6) is 0 Å². The van der Waals surface area contributed by atoms with E-state index in [0.717, 1.165) is 0 Å². The van der Waals surface area contributed by atoms with Crippen molar-refractivity contribution in [3.8, 4) is 0 Å². The van der Waals surface area contributed by atoms with Gasteiger partial charge in [-0.3, -0.25) is 0 Å². The summed E-state index contributed by atoms with van der Waals surface area (Å²) in [6.07, 6.45) is 0. The molecule has 0 fully saturated rings. The van der Waals surface area contributed by atoms with Gasteiger partial charge >= 0.3 is 0 Å². The van der Waals surface area contributed by atoms with Gasteiger partial charge in [0.1, 0.15) is 9.03 Å². The fraction of sp³-hybridized carbons (Fsp3) is 0. The van der Waals surface area contributed by atoms with E-state index in [1.807, 2.05) is 0 Å². The van der Waals surface area contributed by atoms with Crippen molar-refractivity contribution in [3.63, 3.8) is 0 Å². The molecule has 4 heavy (non-hydrogen) atoms. The van der Waals surface area contributed by atoms with Gasteiger partial charge in [0.15, 0.2) is 0 Å². The maximum atomic E-state index is 7.15. The monoisotopic (exact) mass is 73.0 g/mol. The molecule has 21 valence electrons. The molecule has 0 saturated heterocycles. The van der Waals surface area contributed by atoms with E-state index in [-0.39, 0.29) is 18.9 Å². The molecular weight excluding hydrogens is 69.9 g/mol. The first-order chi connectivity index (χ1) is 1.41. The summed E-state index contributed by atoms with van der Waals surface area (Å²) < 4.78 is 0. The van der Waals surface area contributed by atoms with Crippen molar-refractivity contribution in [3.05, 3.63) is 0 Å². The zero-order chi connectivity index (χ0) is 2.71. The van der Waals surface area contributed by atoms with Crippen molar-refractivity contribution in [1.82, 2.24) is 0 Å². The normalized spacial score (nSPS) is 4.50. The summed E-state index contributed by atoms with van der Waals surface area (Å²) in [4.78, 5) is 14.3. The third-order valence-corrected chi connectivity index (χ3v) is 0. The maximum absolute atomic E-state index is 7.15. The molecule has 1 radical (unpaired) electrons. The molecule has 0 unspecified atom stereocenters. The van der Waals surface area contributed by atoms with E-state index in [1.54, 1.807) is 0 Å². The van der Waals surface area contributed by atoms with Crippen LogP contribution in [0.15, 0.2) is 0 Å². The minimum Gasteiger partial charge on any atom is -0.352 e. The first kappa shape index (κ1) is 8.87. The van der Waals surface area contributed by atoms with E-state index < -0.39 is 9.03 Å². The number of hydrogen-bond acceptors (Lipinski definition) is 2. The van der Waals surface area contributed by atoms with Crippen molar-refractivity contribution in [2.45, 2.75) is 0 Å². The summed E-state index contributed by atoms with van der Waals surface area (Å²) in [6.45, 7) is 0. The molecule has 0 aliphatic heterocycles. The summed E-state index contributed by atoms with van der Waals surface area (Å²) >= 11 is 0. The second-order valence-electron chi connectivity index (χ2n) is 0.100. The van der Waals surface area contributed by atoms with E-state index >= 15 is 0 Å². The molecule has 0 atom stereocenters. The summed E-state index contributed by atoms with van der Waals surface area (Å²) in [5.41, 5.74) is 0. The van der Waals surface area contributed by atoms with E-state index in [0.29, 0.717) is 0 Å². The average molecular weight is 72.9 g/mol. The third kappa shape index (κ3) is 12.5. The summed E-state index contributed by atoms with van der Waals surface area (Å²) in [7, 11) is -0.917. The van der Waals surface area contributed by atoms with Crippen molar-refractivity contribution in [2.75, 3.05) is 0 Å². The first-order valence-corrected chi connectivity index (χ1v) is 1.34. The Labute approximate surface area is 38.3 Å². The molecule has 0 heterocycles. The maximum Gasteiger partial charge on any atom is 0.149 e. The Balaban J connectivity index is 0. The van der Waals surface area contributed by atoms with Gasteiger partial charge in [-0.2, -0.15) is 0 Å². The van der Waals surface area contributed by atoms with Gasteiger partial charge in [-0.15, -0.1) is 0 Å². The van der Waals surface area contributed by atoms with E-state index in [2.05, 4.69) is 0 Å². The summed E-state index contributed by atoms with van der Waals surface area (Å²) in [6, 6.07) is 0. The van der Waals surface area contributed by atoms with Crippen LogP contribution in [0.1, 0.15) is 0 Å². The molecule has 2 nitrogen and oxygen atoms in total. The SMILES string of the molecule is OPO.[Li]. The van der Waals surface area contributed by atoms with Crippen LogP contribution >= 0.6 is 9.03 Å². The predicted molar refractivity (Wildman–Crippen MR) is 18.5 cm³/mol. The largest absolute Gasteiger partial charge is 0.352 e. The minimum absolute atomic E-state index is 0. The van der Waals surface area contributed by atoms with E-state index in [4.69, 9.17) is 9.79 Å². The van der Waals surface area contributed by atoms with Crippen molar-refractivity contribution in [2.24, 2.45) is 0 Å². The van der Waals surface area contributed by atoms with Gasteiger partial charge in [0.05, 0.1) is 0 Å². The van der Waals surface area contributed by atoms with Crippen molar-refractivity contribution < 1.29 is 9.79 Å². The number of hydrogen-bond donors (Lipinski definition) is 2. The molecule has 0 bridgehead atoms. The zero-order valence-corrected chi connectivity index (χ0v) is 3.39. The summed E-state index contributed by atoms with van der Waals surface area (Å²) in [5, 5.41) is 0. The van der Waals surface area contributed by atoms with Gasteiger partial charge < -0.3 is 9.79 Å². The molecular formula is H3LiO2P. The van der Waals surface area contributed by atoms with Crippen LogP contribution in [0.3, 0.4) is 0 Å². The van der Waals surface area contributed by atoms with Gasteiger partial charge in [0.2, 0.25) is 0 Å². The molecule has 0 aromatic rings. The van der Waals surface area contributed by atoms with Crippen LogP contribution < -0.4 is 0 Å². The van der Waals surface area contributed by atoms with Crippen LogP contribution in [0.25, 0.3) is 0 Å². The third-order valence-electron chi connectivity index (χ3n) is 0. The molecule has 0 aromatic heterocycles. The second-order valence-corrected chi connectivity index (χ2v) is 0.300. The Kier molecular flexibility index (Phi) is 20.1. The molecule has 0 saturated carbocycles. The van der Waals surface area contributed by atoms with Crippen molar-refractivity contribution in [1.29, 1.82) is 0 Å². The fourth-order valence-corrected chi connectivity index (χ4v) is 0. The molecule has 0 aliphatic rings. The quantitative estimate of drug-likeness (QED) is 0.288. The first-order valence-electron chi connectivity index (χ1n) is 0.447. The molecule has 0 spiro atoms. The van der Waals surface area contributed by atoms with Crippen LogP contribution in [0, 0.1) is 0 Å². The Morgan fingerprint density at radius 1 is 1.25 bits per heavy atom. The fourth-order valence-electron chi connectivity index (χ4n) is 0. The standard InChI is InChI=1S/Li.H3O2P/c;1-3-2/h;1-3H. The average Bonchev–Trinajstić information content (AvgIpc) is 0.918. The van der Waals surface area contributed by atoms with E-state index in [9.17, 15) is 0 Å². The van der Waals surface area contributed by atoms with Gasteiger partial charge in [-0.05, 0) is 0 Å². The van der Waals surface area contributed by atoms with E-state index in [1.165, 1.54) is 0 Å². The van der Waals surface area contributed by atoms with Crippen LogP contribution in [0.2, 0.25) is 0 Å². The molecule has 2 N–H and O–H groups in total.